The molecular weight excluding hydrogens is 503 g/mol. The number of benzene rings is 5. The van der Waals surface area contributed by atoms with E-state index in [9.17, 15) is 0 Å². The topological polar surface area (TPSA) is 45.5 Å². The Morgan fingerprint density at radius 1 is 0.763 bits per heavy atom. The first-order valence-corrected chi connectivity index (χ1v) is 17.9. The summed E-state index contributed by atoms with van der Waals surface area (Å²) in [5.41, 5.74) is 0. The predicted octanol–water partition coefficient (Wildman–Crippen LogP) is 8.48. The molecule has 0 saturated heterocycles. The van der Waals surface area contributed by atoms with Gasteiger partial charge in [-0.1, -0.05) is 79.8 Å². The molecule has 0 amide bonds. The maximum Gasteiger partial charge on any atom is 0.258 e. The molecule has 0 aromatic heterocycles. The molecule has 0 N–H and O–H groups in total. The molecule has 0 spiro atoms. The third-order valence-electron chi connectivity index (χ3n) is 7.45. The van der Waals surface area contributed by atoms with Crippen molar-refractivity contribution in [2.24, 2.45) is 0 Å². The largest absolute Gasteiger partial charge is 0.325 e. The first kappa shape index (κ1) is 27.0. The first-order valence-electron chi connectivity index (χ1n) is 13.5. The van der Waals surface area contributed by atoms with Crippen LogP contribution in [0.2, 0.25) is 13.1 Å². The van der Waals surface area contributed by atoms with Crippen LogP contribution < -0.4 is 5.19 Å². The first-order chi connectivity index (χ1) is 18.2. The van der Waals surface area contributed by atoms with Crippen LogP contribution in [0.1, 0.15) is 34.1 Å². The summed E-state index contributed by atoms with van der Waals surface area (Å²) in [7, 11) is -3.29. The highest BCUT2D eigenvalue weighted by atomic mass is 31.2. The van der Waals surface area contributed by atoms with Crippen LogP contribution in [0.15, 0.2) is 66.7 Å². The van der Waals surface area contributed by atoms with Gasteiger partial charge in [-0.25, -0.2) is 4.67 Å². The zero-order valence-electron chi connectivity index (χ0n) is 23.3. The van der Waals surface area contributed by atoms with Gasteiger partial charge in [-0.3, -0.25) is 0 Å². The molecule has 1 atom stereocenters. The minimum absolute atomic E-state index is 0.288. The van der Waals surface area contributed by atoms with E-state index in [-0.39, 0.29) is 12.1 Å². The van der Waals surface area contributed by atoms with Crippen molar-refractivity contribution in [1.29, 1.82) is 5.26 Å². The average Bonchev–Trinajstić information content (AvgIpc) is 2.89. The zero-order chi connectivity index (χ0) is 27.0. The van der Waals surface area contributed by atoms with Crippen LogP contribution in [0.5, 0.6) is 0 Å². The van der Waals surface area contributed by atoms with Crippen molar-refractivity contribution in [3.8, 4) is 6.07 Å². The van der Waals surface area contributed by atoms with E-state index in [1.807, 2.05) is 0 Å². The molecule has 0 aliphatic heterocycles. The van der Waals surface area contributed by atoms with Crippen molar-refractivity contribution in [3.05, 3.63) is 66.7 Å². The van der Waals surface area contributed by atoms with E-state index in [1.165, 1.54) is 48.3 Å². The van der Waals surface area contributed by atoms with Crippen LogP contribution in [-0.2, 0) is 9.05 Å². The van der Waals surface area contributed by atoms with Crippen LogP contribution in [0.3, 0.4) is 0 Å². The fourth-order valence-corrected chi connectivity index (χ4v) is 10.5. The summed E-state index contributed by atoms with van der Waals surface area (Å²) < 4.78 is 15.2. The second-order valence-electron chi connectivity index (χ2n) is 11.3. The van der Waals surface area contributed by atoms with E-state index in [4.69, 9.17) is 14.3 Å². The van der Waals surface area contributed by atoms with Crippen LogP contribution in [-0.4, -0.2) is 37.7 Å². The molecule has 5 aromatic carbocycles. The monoisotopic (exact) mass is 540 g/mol. The van der Waals surface area contributed by atoms with E-state index in [0.717, 1.165) is 0 Å². The van der Waals surface area contributed by atoms with Gasteiger partial charge in [0.15, 0.2) is 0 Å². The standard InChI is InChI=1S/C32H37N2O2PSi/c1-22(2)34(23(3)4)37(35-20-10-19-33)36-21-38(5,6)30-18-17-28-26-14-8-12-24-11-7-13-25(31(24)26)27-15-9-16-29(30)32(27)28/h7-9,11-18,22-23H,10,20-21H2,1-6H3. The van der Waals surface area contributed by atoms with Gasteiger partial charge in [-0.05, 0) is 76.0 Å². The Kier molecular flexibility index (Phi) is 7.74. The lowest BCUT2D eigenvalue weighted by Crippen LogP contribution is -2.47. The van der Waals surface area contributed by atoms with Crippen molar-refractivity contribution in [2.75, 3.05) is 12.8 Å². The molecule has 4 nitrogen and oxygen atoms in total. The van der Waals surface area contributed by atoms with Crippen LogP contribution in [0.4, 0.5) is 0 Å². The van der Waals surface area contributed by atoms with Gasteiger partial charge in [0.2, 0.25) is 0 Å². The predicted molar refractivity (Wildman–Crippen MR) is 166 cm³/mol. The summed E-state index contributed by atoms with van der Waals surface area (Å²) in [6.07, 6.45) is 1.03. The molecule has 5 aromatic rings. The summed E-state index contributed by atoms with van der Waals surface area (Å²) >= 11 is 0. The maximum absolute atomic E-state index is 9.05. The maximum atomic E-state index is 9.05. The van der Waals surface area contributed by atoms with Gasteiger partial charge in [-0.15, -0.1) is 0 Å². The Hall–Kier alpha value is -2.58. The second kappa shape index (κ2) is 10.9. The molecule has 0 aliphatic carbocycles. The fraction of sp³-hybridized carbons (Fsp3) is 0.344. The number of nitrogens with zero attached hydrogens (tertiary/aromatic N) is 2. The summed E-state index contributed by atoms with van der Waals surface area (Å²) in [5, 5.41) is 21.1. The molecule has 196 valence electrons. The minimum Gasteiger partial charge on any atom is -0.325 e. The normalized spacial score (nSPS) is 13.6. The SMILES string of the molecule is CC(C)N(C(C)C)P(OCCC#N)OC[Si](C)(C)c1ccc2c3cccc4cccc(c5cccc1c52)c43. The lowest BCUT2D eigenvalue weighted by Gasteiger charge is -2.37. The highest BCUT2D eigenvalue weighted by molar-refractivity contribution is 7.44. The number of rotatable bonds is 10. The van der Waals surface area contributed by atoms with Gasteiger partial charge in [0.05, 0.1) is 25.3 Å². The lowest BCUT2D eigenvalue weighted by molar-refractivity contribution is 0.190. The number of hydrogen-bond acceptors (Lipinski definition) is 4. The van der Waals surface area contributed by atoms with Crippen molar-refractivity contribution < 1.29 is 9.05 Å². The Morgan fingerprint density at radius 2 is 1.32 bits per heavy atom. The van der Waals surface area contributed by atoms with Crippen LogP contribution in [0, 0.1) is 11.3 Å². The summed E-state index contributed by atoms with van der Waals surface area (Å²) in [5.74, 6) is 0. The molecular formula is C32H37N2O2PSi. The van der Waals surface area contributed by atoms with E-state index in [2.05, 4.69) is 118 Å². The van der Waals surface area contributed by atoms with Crippen molar-refractivity contribution in [2.45, 2.75) is 59.3 Å². The molecule has 38 heavy (non-hydrogen) atoms. The van der Waals surface area contributed by atoms with E-state index in [1.54, 1.807) is 0 Å². The number of fused-ring (bicyclic) bond motifs is 2. The Morgan fingerprint density at radius 3 is 1.92 bits per heavy atom. The highest BCUT2D eigenvalue weighted by Gasteiger charge is 2.33. The van der Waals surface area contributed by atoms with Crippen molar-refractivity contribution >= 4 is 64.9 Å². The fourth-order valence-electron chi connectivity index (χ4n) is 5.84. The van der Waals surface area contributed by atoms with Gasteiger partial charge in [0.1, 0.15) is 8.07 Å². The average molecular weight is 541 g/mol. The van der Waals surface area contributed by atoms with E-state index >= 15 is 0 Å². The van der Waals surface area contributed by atoms with Crippen molar-refractivity contribution in [3.63, 3.8) is 0 Å². The summed E-state index contributed by atoms with van der Waals surface area (Å²) in [6.45, 7) is 13.9. The Labute approximate surface area is 228 Å². The molecule has 1 unspecified atom stereocenters. The number of hydrogen-bond donors (Lipinski definition) is 0. The smallest absolute Gasteiger partial charge is 0.258 e. The molecule has 5 rings (SSSR count). The Balaban J connectivity index is 1.57. The molecule has 0 saturated carbocycles. The van der Waals surface area contributed by atoms with Gasteiger partial charge in [-0.2, -0.15) is 5.26 Å². The highest BCUT2D eigenvalue weighted by Crippen LogP contribution is 2.46. The third-order valence-corrected chi connectivity index (χ3v) is 12.5. The van der Waals surface area contributed by atoms with Crippen molar-refractivity contribution in [1.82, 2.24) is 4.67 Å². The third kappa shape index (κ3) is 4.81. The zero-order valence-corrected chi connectivity index (χ0v) is 25.2. The van der Waals surface area contributed by atoms with Crippen LogP contribution >= 0.6 is 8.53 Å². The van der Waals surface area contributed by atoms with Gasteiger partial charge in [0.25, 0.3) is 8.53 Å². The molecule has 0 aliphatic rings. The molecule has 0 bridgehead atoms. The van der Waals surface area contributed by atoms with Gasteiger partial charge >= 0.3 is 0 Å². The van der Waals surface area contributed by atoms with E-state index < -0.39 is 16.6 Å². The van der Waals surface area contributed by atoms with Crippen LogP contribution in [0.25, 0.3) is 43.1 Å². The number of nitriles is 1. The molecule has 0 radical (unpaired) electrons. The van der Waals surface area contributed by atoms with E-state index in [0.29, 0.717) is 19.3 Å². The summed E-state index contributed by atoms with van der Waals surface area (Å²) in [6, 6.07) is 27.5. The lowest BCUT2D eigenvalue weighted by atomic mass is 9.90. The Bertz CT molecular complexity index is 1570. The molecule has 6 heteroatoms. The summed E-state index contributed by atoms with van der Waals surface area (Å²) in [4.78, 5) is 0. The molecule has 0 heterocycles. The van der Waals surface area contributed by atoms with Gasteiger partial charge < -0.3 is 9.05 Å². The minimum atomic E-state index is -2.04. The quantitative estimate of drug-likeness (QED) is 0.0586. The van der Waals surface area contributed by atoms with Gasteiger partial charge in [0, 0.05) is 12.1 Å². The molecule has 0 fully saturated rings. The second-order valence-corrected chi connectivity index (χ2v) is 17.4.